The summed E-state index contributed by atoms with van der Waals surface area (Å²) < 4.78 is 4.92. The maximum atomic E-state index is 12.3. The maximum absolute atomic E-state index is 12.3. The van der Waals surface area contributed by atoms with Crippen LogP contribution < -0.4 is 16.0 Å². The van der Waals surface area contributed by atoms with Crippen molar-refractivity contribution in [1.29, 1.82) is 0 Å². The van der Waals surface area contributed by atoms with E-state index in [2.05, 4.69) is 21.1 Å². The molecule has 2 aromatic rings. The smallest absolute Gasteiger partial charge is 0.248 e. The molecule has 7 heteroatoms. The Labute approximate surface area is 134 Å². The number of benzene rings is 1. The van der Waals surface area contributed by atoms with Crippen molar-refractivity contribution in [2.45, 2.75) is 33.2 Å². The molecule has 1 heterocycles. The van der Waals surface area contributed by atoms with E-state index in [4.69, 9.17) is 4.52 Å². The summed E-state index contributed by atoms with van der Waals surface area (Å²) >= 11 is 0. The number of carbonyl (C=O) groups is 2. The molecule has 0 aliphatic heterocycles. The Balaban J connectivity index is 1.98. The van der Waals surface area contributed by atoms with Crippen molar-refractivity contribution in [3.63, 3.8) is 0 Å². The van der Waals surface area contributed by atoms with Crippen molar-refractivity contribution < 1.29 is 14.1 Å². The molecule has 0 saturated heterocycles. The van der Waals surface area contributed by atoms with Crippen LogP contribution in [0.4, 0.5) is 17.2 Å². The SMILES string of the molecule is CCC(Nc1ccc(NC(C)=O)cc1)C(=O)Nc1cc(C)on1. The lowest BCUT2D eigenvalue weighted by molar-refractivity contribution is -0.117. The lowest BCUT2D eigenvalue weighted by atomic mass is 10.2. The monoisotopic (exact) mass is 316 g/mol. The van der Waals surface area contributed by atoms with Crippen LogP contribution in [-0.2, 0) is 9.59 Å². The van der Waals surface area contributed by atoms with Gasteiger partial charge in [-0.2, -0.15) is 0 Å². The minimum atomic E-state index is -0.404. The fourth-order valence-corrected chi connectivity index (χ4v) is 2.05. The molecule has 0 bridgehead atoms. The van der Waals surface area contributed by atoms with E-state index in [1.807, 2.05) is 19.1 Å². The summed E-state index contributed by atoms with van der Waals surface area (Å²) in [5.41, 5.74) is 1.50. The van der Waals surface area contributed by atoms with Gasteiger partial charge in [-0.3, -0.25) is 9.59 Å². The summed E-state index contributed by atoms with van der Waals surface area (Å²) in [6, 6.07) is 8.42. The maximum Gasteiger partial charge on any atom is 0.248 e. The Hall–Kier alpha value is -2.83. The number of aryl methyl sites for hydroxylation is 1. The van der Waals surface area contributed by atoms with Gasteiger partial charge in [0.1, 0.15) is 11.8 Å². The topological polar surface area (TPSA) is 96.3 Å². The lowest BCUT2D eigenvalue weighted by Crippen LogP contribution is -2.34. The molecule has 0 radical (unpaired) electrons. The van der Waals surface area contributed by atoms with Gasteiger partial charge in [-0.15, -0.1) is 0 Å². The minimum absolute atomic E-state index is 0.126. The van der Waals surface area contributed by atoms with E-state index >= 15 is 0 Å². The highest BCUT2D eigenvalue weighted by Gasteiger charge is 2.17. The molecular formula is C16H20N4O3. The van der Waals surface area contributed by atoms with E-state index in [0.29, 0.717) is 23.7 Å². The Morgan fingerprint density at radius 1 is 1.17 bits per heavy atom. The quantitative estimate of drug-likeness (QED) is 0.761. The Kier molecular flexibility index (Phi) is 5.35. The third-order valence-corrected chi connectivity index (χ3v) is 3.15. The normalized spacial score (nSPS) is 11.6. The van der Waals surface area contributed by atoms with Gasteiger partial charge in [-0.25, -0.2) is 0 Å². The predicted octanol–water partition coefficient (Wildman–Crippen LogP) is 2.77. The second-order valence-corrected chi connectivity index (χ2v) is 5.18. The molecule has 122 valence electrons. The first-order valence-electron chi connectivity index (χ1n) is 7.36. The van der Waals surface area contributed by atoms with Crippen molar-refractivity contribution in [3.8, 4) is 0 Å². The third kappa shape index (κ3) is 4.84. The summed E-state index contributed by atoms with van der Waals surface area (Å²) in [6.07, 6.45) is 0.607. The molecule has 1 aromatic carbocycles. The molecule has 23 heavy (non-hydrogen) atoms. The first-order valence-corrected chi connectivity index (χ1v) is 7.36. The summed E-state index contributed by atoms with van der Waals surface area (Å²) in [7, 11) is 0. The van der Waals surface area contributed by atoms with Gasteiger partial charge in [0, 0.05) is 24.4 Å². The number of anilines is 3. The fourth-order valence-electron chi connectivity index (χ4n) is 2.05. The summed E-state index contributed by atoms with van der Waals surface area (Å²) in [5, 5.41) is 12.3. The summed E-state index contributed by atoms with van der Waals surface area (Å²) in [5.74, 6) is 0.717. The average molecular weight is 316 g/mol. The van der Waals surface area contributed by atoms with E-state index in [9.17, 15) is 9.59 Å². The van der Waals surface area contributed by atoms with Crippen LogP contribution in [0.15, 0.2) is 34.9 Å². The fraction of sp³-hybridized carbons (Fsp3) is 0.312. The van der Waals surface area contributed by atoms with Gasteiger partial charge >= 0.3 is 0 Å². The number of rotatable bonds is 6. The number of hydrogen-bond acceptors (Lipinski definition) is 5. The highest BCUT2D eigenvalue weighted by molar-refractivity contribution is 5.95. The van der Waals surface area contributed by atoms with Crippen molar-refractivity contribution in [2.24, 2.45) is 0 Å². The van der Waals surface area contributed by atoms with Gasteiger partial charge in [0.25, 0.3) is 0 Å². The highest BCUT2D eigenvalue weighted by atomic mass is 16.5. The highest BCUT2D eigenvalue weighted by Crippen LogP contribution is 2.16. The van der Waals surface area contributed by atoms with Crippen molar-refractivity contribution in [2.75, 3.05) is 16.0 Å². The number of amides is 2. The number of nitrogens with zero attached hydrogens (tertiary/aromatic N) is 1. The molecule has 1 aromatic heterocycles. The van der Waals surface area contributed by atoms with Crippen LogP contribution in [0.2, 0.25) is 0 Å². The summed E-state index contributed by atoms with van der Waals surface area (Å²) in [4.78, 5) is 23.3. The first kappa shape index (κ1) is 16.5. The standard InChI is InChI=1S/C16H20N4O3/c1-4-14(16(22)19-15-9-10(2)23-20-15)18-13-7-5-12(6-8-13)17-11(3)21/h5-9,14,18H,4H2,1-3H3,(H,17,21)(H,19,20,22). The molecule has 0 saturated carbocycles. The van der Waals surface area contributed by atoms with E-state index in [-0.39, 0.29) is 11.8 Å². The molecule has 1 atom stereocenters. The van der Waals surface area contributed by atoms with Gasteiger partial charge in [0.2, 0.25) is 11.8 Å². The number of hydrogen-bond donors (Lipinski definition) is 3. The third-order valence-electron chi connectivity index (χ3n) is 3.15. The second kappa shape index (κ2) is 7.44. The molecule has 0 aliphatic rings. The zero-order valence-corrected chi connectivity index (χ0v) is 13.3. The first-order chi connectivity index (χ1) is 11.0. The van der Waals surface area contributed by atoms with Gasteiger partial charge < -0.3 is 20.5 Å². The molecule has 7 nitrogen and oxygen atoms in total. The van der Waals surface area contributed by atoms with Gasteiger partial charge in [-0.05, 0) is 37.6 Å². The van der Waals surface area contributed by atoms with Crippen LogP contribution >= 0.6 is 0 Å². The predicted molar refractivity (Wildman–Crippen MR) is 88.3 cm³/mol. The molecule has 3 N–H and O–H groups in total. The van der Waals surface area contributed by atoms with Gasteiger partial charge in [-0.1, -0.05) is 12.1 Å². The molecule has 2 rings (SSSR count). The Bertz CT molecular complexity index is 679. The largest absolute Gasteiger partial charge is 0.374 e. The molecule has 2 amide bonds. The zero-order valence-electron chi connectivity index (χ0n) is 13.3. The van der Waals surface area contributed by atoms with Crippen LogP contribution in [0.1, 0.15) is 26.0 Å². The molecular weight excluding hydrogens is 296 g/mol. The molecule has 1 unspecified atom stereocenters. The molecule has 0 fully saturated rings. The van der Waals surface area contributed by atoms with Crippen molar-refractivity contribution >= 4 is 29.0 Å². The van der Waals surface area contributed by atoms with E-state index in [1.54, 1.807) is 25.1 Å². The number of carbonyl (C=O) groups excluding carboxylic acids is 2. The van der Waals surface area contributed by atoms with Crippen molar-refractivity contribution in [3.05, 3.63) is 36.1 Å². The van der Waals surface area contributed by atoms with Crippen LogP contribution in [0.25, 0.3) is 0 Å². The van der Waals surface area contributed by atoms with Crippen LogP contribution in [-0.4, -0.2) is 23.0 Å². The van der Waals surface area contributed by atoms with Crippen molar-refractivity contribution in [1.82, 2.24) is 5.16 Å². The van der Waals surface area contributed by atoms with Crippen LogP contribution in [0.5, 0.6) is 0 Å². The van der Waals surface area contributed by atoms with Gasteiger partial charge in [0.15, 0.2) is 5.82 Å². The lowest BCUT2D eigenvalue weighted by Gasteiger charge is -2.17. The minimum Gasteiger partial charge on any atom is -0.374 e. The van der Waals surface area contributed by atoms with E-state index < -0.39 is 6.04 Å². The number of nitrogens with one attached hydrogen (secondary N) is 3. The Morgan fingerprint density at radius 3 is 2.35 bits per heavy atom. The molecule has 0 aliphatic carbocycles. The van der Waals surface area contributed by atoms with Crippen LogP contribution in [0.3, 0.4) is 0 Å². The molecule has 0 spiro atoms. The van der Waals surface area contributed by atoms with Crippen LogP contribution in [0, 0.1) is 6.92 Å². The average Bonchev–Trinajstić information content (AvgIpc) is 2.91. The summed E-state index contributed by atoms with van der Waals surface area (Å²) in [6.45, 7) is 5.13. The van der Waals surface area contributed by atoms with E-state index in [0.717, 1.165) is 5.69 Å². The van der Waals surface area contributed by atoms with Gasteiger partial charge in [0.05, 0.1) is 0 Å². The zero-order chi connectivity index (χ0) is 16.8. The number of aromatic nitrogens is 1. The van der Waals surface area contributed by atoms with E-state index in [1.165, 1.54) is 6.92 Å². The Morgan fingerprint density at radius 2 is 1.83 bits per heavy atom. The second-order valence-electron chi connectivity index (χ2n) is 5.18.